The molecule has 0 fully saturated rings. The van der Waals surface area contributed by atoms with Gasteiger partial charge in [0.05, 0.1) is 7.11 Å². The van der Waals surface area contributed by atoms with Gasteiger partial charge in [-0.2, -0.15) is 0 Å². The number of rotatable bonds is 2. The van der Waals surface area contributed by atoms with Crippen molar-refractivity contribution in [3.63, 3.8) is 0 Å². The molecule has 1 unspecified atom stereocenters. The van der Waals surface area contributed by atoms with Gasteiger partial charge in [-0.1, -0.05) is 11.3 Å². The average molecular weight is 324 g/mol. The SMILES string of the molecule is COc1ccc2c(c1)C(O)(c1c(Br)nnn1C)CC2. The minimum Gasteiger partial charge on any atom is -0.497 e. The molecule has 3 rings (SSSR count). The van der Waals surface area contributed by atoms with E-state index in [1.54, 1.807) is 18.8 Å². The summed E-state index contributed by atoms with van der Waals surface area (Å²) < 4.78 is 7.44. The van der Waals surface area contributed by atoms with Crippen LogP contribution in [-0.2, 0) is 19.1 Å². The molecule has 2 aromatic rings. The predicted octanol–water partition coefficient (Wildman–Crippen LogP) is 1.77. The molecule has 0 saturated heterocycles. The van der Waals surface area contributed by atoms with E-state index in [1.165, 1.54) is 0 Å². The fraction of sp³-hybridized carbons (Fsp3) is 0.385. The highest BCUT2D eigenvalue weighted by atomic mass is 79.9. The molecule has 0 bridgehead atoms. The number of ether oxygens (including phenoxy) is 1. The third-order valence-electron chi connectivity index (χ3n) is 3.70. The molecular formula is C13H14BrN3O2. The normalized spacial score (nSPS) is 21.5. The lowest BCUT2D eigenvalue weighted by atomic mass is 9.92. The minimum atomic E-state index is -1.07. The van der Waals surface area contributed by atoms with Crippen LogP contribution in [0.5, 0.6) is 5.75 Å². The summed E-state index contributed by atoms with van der Waals surface area (Å²) in [7, 11) is 3.40. The van der Waals surface area contributed by atoms with Crippen molar-refractivity contribution in [2.24, 2.45) is 7.05 Å². The molecule has 1 atom stereocenters. The van der Waals surface area contributed by atoms with Gasteiger partial charge in [-0.25, -0.2) is 4.68 Å². The summed E-state index contributed by atoms with van der Waals surface area (Å²) in [6.45, 7) is 0. The second-order valence-electron chi connectivity index (χ2n) is 4.74. The number of hydrogen-bond acceptors (Lipinski definition) is 4. The molecule has 1 N–H and O–H groups in total. The Kier molecular flexibility index (Phi) is 2.87. The molecule has 0 saturated carbocycles. The molecule has 0 radical (unpaired) electrons. The average Bonchev–Trinajstić information content (AvgIpc) is 2.91. The Morgan fingerprint density at radius 1 is 1.47 bits per heavy atom. The highest BCUT2D eigenvalue weighted by Gasteiger charge is 2.42. The summed E-state index contributed by atoms with van der Waals surface area (Å²) in [6.07, 6.45) is 1.45. The molecule has 0 amide bonds. The molecule has 1 aromatic carbocycles. The highest BCUT2D eigenvalue weighted by Crippen LogP contribution is 2.44. The first-order chi connectivity index (χ1) is 9.06. The van der Waals surface area contributed by atoms with Crippen LogP contribution in [0.1, 0.15) is 23.2 Å². The van der Waals surface area contributed by atoms with Gasteiger partial charge in [0.1, 0.15) is 17.0 Å². The second-order valence-corrected chi connectivity index (χ2v) is 5.49. The van der Waals surface area contributed by atoms with E-state index in [-0.39, 0.29) is 0 Å². The lowest BCUT2D eigenvalue weighted by molar-refractivity contribution is 0.0730. The Bertz CT molecular complexity index is 621. The van der Waals surface area contributed by atoms with Crippen molar-refractivity contribution in [3.05, 3.63) is 39.6 Å². The number of hydrogen-bond donors (Lipinski definition) is 1. The smallest absolute Gasteiger partial charge is 0.154 e. The first-order valence-corrected chi connectivity index (χ1v) is 6.81. The number of aliphatic hydroxyl groups is 1. The number of aromatic nitrogens is 3. The zero-order valence-corrected chi connectivity index (χ0v) is 12.3. The van der Waals surface area contributed by atoms with E-state index in [2.05, 4.69) is 26.2 Å². The van der Waals surface area contributed by atoms with Gasteiger partial charge in [0.2, 0.25) is 0 Å². The van der Waals surface area contributed by atoms with E-state index in [4.69, 9.17) is 4.74 Å². The highest BCUT2D eigenvalue weighted by molar-refractivity contribution is 9.10. The fourth-order valence-electron chi connectivity index (χ4n) is 2.75. The molecule has 1 heterocycles. The van der Waals surface area contributed by atoms with Gasteiger partial charge in [0.25, 0.3) is 0 Å². The van der Waals surface area contributed by atoms with Crippen molar-refractivity contribution in [1.82, 2.24) is 15.0 Å². The van der Waals surface area contributed by atoms with Crippen molar-refractivity contribution >= 4 is 15.9 Å². The first-order valence-electron chi connectivity index (χ1n) is 6.01. The topological polar surface area (TPSA) is 60.2 Å². The number of fused-ring (bicyclic) bond motifs is 1. The van der Waals surface area contributed by atoms with E-state index >= 15 is 0 Å². The van der Waals surface area contributed by atoms with Crippen molar-refractivity contribution in [3.8, 4) is 5.75 Å². The molecule has 1 aromatic heterocycles. The molecule has 19 heavy (non-hydrogen) atoms. The van der Waals surface area contributed by atoms with Crippen LogP contribution in [0.3, 0.4) is 0 Å². The van der Waals surface area contributed by atoms with Crippen LogP contribution in [0.25, 0.3) is 0 Å². The molecule has 0 aliphatic heterocycles. The first kappa shape index (κ1) is 12.6. The standard InChI is InChI=1S/C13H14BrN3O2/c1-17-11(12(14)15-16-17)13(18)6-5-8-3-4-9(19-2)7-10(8)13/h3-4,7,18H,5-6H2,1-2H3. The molecule has 1 aliphatic carbocycles. The Morgan fingerprint density at radius 2 is 2.26 bits per heavy atom. The van der Waals surface area contributed by atoms with Crippen molar-refractivity contribution < 1.29 is 9.84 Å². The molecular weight excluding hydrogens is 310 g/mol. The maximum atomic E-state index is 11.1. The van der Waals surface area contributed by atoms with Gasteiger partial charge in [-0.3, -0.25) is 0 Å². The number of benzene rings is 1. The van der Waals surface area contributed by atoms with E-state index in [9.17, 15) is 5.11 Å². The van der Waals surface area contributed by atoms with Crippen LogP contribution < -0.4 is 4.74 Å². The third kappa shape index (κ3) is 1.78. The van der Waals surface area contributed by atoms with Gasteiger partial charge in [-0.15, -0.1) is 5.10 Å². The number of halogens is 1. The van der Waals surface area contributed by atoms with Gasteiger partial charge in [0, 0.05) is 7.05 Å². The summed E-state index contributed by atoms with van der Waals surface area (Å²) >= 11 is 3.36. The van der Waals surface area contributed by atoms with Crippen molar-refractivity contribution in [2.75, 3.05) is 7.11 Å². The molecule has 5 nitrogen and oxygen atoms in total. The van der Waals surface area contributed by atoms with Crippen LogP contribution >= 0.6 is 15.9 Å². The molecule has 100 valence electrons. The quantitative estimate of drug-likeness (QED) is 0.915. The molecule has 0 spiro atoms. The van der Waals surface area contributed by atoms with E-state index in [0.717, 1.165) is 23.3 Å². The van der Waals surface area contributed by atoms with E-state index in [1.807, 2.05) is 18.2 Å². The number of aryl methyl sites for hydroxylation is 2. The monoisotopic (exact) mass is 323 g/mol. The summed E-state index contributed by atoms with van der Waals surface area (Å²) in [5.74, 6) is 0.741. The van der Waals surface area contributed by atoms with Crippen molar-refractivity contribution in [2.45, 2.75) is 18.4 Å². The maximum absolute atomic E-state index is 11.1. The van der Waals surface area contributed by atoms with Gasteiger partial charge < -0.3 is 9.84 Å². The molecule has 1 aliphatic rings. The van der Waals surface area contributed by atoms with Gasteiger partial charge in [0.15, 0.2) is 4.60 Å². The number of methoxy groups -OCH3 is 1. The second kappa shape index (κ2) is 4.31. The third-order valence-corrected chi connectivity index (χ3v) is 4.23. The summed E-state index contributed by atoms with van der Waals surface area (Å²) in [6, 6.07) is 5.81. The number of nitrogens with zero attached hydrogens (tertiary/aromatic N) is 3. The van der Waals surface area contributed by atoms with Crippen LogP contribution in [0.15, 0.2) is 22.8 Å². The minimum absolute atomic E-state index is 0.577. The Hall–Kier alpha value is -1.40. The van der Waals surface area contributed by atoms with Gasteiger partial charge in [-0.05, 0) is 52.0 Å². The van der Waals surface area contributed by atoms with Crippen LogP contribution in [-0.4, -0.2) is 27.2 Å². The summed E-state index contributed by atoms with van der Waals surface area (Å²) in [4.78, 5) is 0. The van der Waals surface area contributed by atoms with Crippen LogP contribution in [0.2, 0.25) is 0 Å². The van der Waals surface area contributed by atoms with Crippen LogP contribution in [0.4, 0.5) is 0 Å². The molecule has 6 heteroatoms. The lowest BCUT2D eigenvalue weighted by Gasteiger charge is -2.24. The Labute approximate surface area is 119 Å². The Morgan fingerprint density at radius 3 is 2.89 bits per heavy atom. The maximum Gasteiger partial charge on any atom is 0.154 e. The van der Waals surface area contributed by atoms with E-state index in [0.29, 0.717) is 16.7 Å². The Balaban J connectivity index is 2.19. The van der Waals surface area contributed by atoms with Crippen molar-refractivity contribution in [1.29, 1.82) is 0 Å². The summed E-state index contributed by atoms with van der Waals surface area (Å²) in [5.41, 5.74) is 1.62. The lowest BCUT2D eigenvalue weighted by Crippen LogP contribution is -2.27. The largest absolute Gasteiger partial charge is 0.497 e. The predicted molar refractivity (Wildman–Crippen MR) is 73.0 cm³/mol. The van der Waals surface area contributed by atoms with E-state index < -0.39 is 5.60 Å². The zero-order valence-electron chi connectivity index (χ0n) is 10.7. The fourth-order valence-corrected chi connectivity index (χ4v) is 3.41. The van der Waals surface area contributed by atoms with Gasteiger partial charge >= 0.3 is 0 Å². The summed E-state index contributed by atoms with van der Waals surface area (Å²) in [5, 5.41) is 19.0. The zero-order chi connectivity index (χ0) is 13.6. The van der Waals surface area contributed by atoms with Crippen LogP contribution in [0, 0.1) is 0 Å².